The van der Waals surface area contributed by atoms with E-state index in [1.165, 1.54) is 0 Å². The van der Waals surface area contributed by atoms with Gasteiger partial charge in [-0.25, -0.2) is 8.42 Å². The Labute approximate surface area is 118 Å². The molecule has 2 heterocycles. The first kappa shape index (κ1) is 14.5. The van der Waals surface area contributed by atoms with Crippen molar-refractivity contribution < 1.29 is 8.42 Å². The van der Waals surface area contributed by atoms with Gasteiger partial charge in [-0.1, -0.05) is 0 Å². The zero-order chi connectivity index (χ0) is 14.2. The molecule has 2 atom stereocenters. The number of nitrogens with two attached hydrogens (primary N) is 1. The van der Waals surface area contributed by atoms with E-state index >= 15 is 0 Å². The number of piperidine rings is 1. The van der Waals surface area contributed by atoms with E-state index in [1.807, 2.05) is 0 Å². The molecule has 0 spiro atoms. The fourth-order valence-electron chi connectivity index (χ4n) is 2.35. The van der Waals surface area contributed by atoms with Crippen LogP contribution in [0, 0.1) is 0 Å². The molecule has 2 unspecified atom stereocenters. The van der Waals surface area contributed by atoms with Crippen molar-refractivity contribution in [2.75, 3.05) is 30.9 Å². The summed E-state index contributed by atoms with van der Waals surface area (Å²) in [6.07, 6.45) is 3.13. The van der Waals surface area contributed by atoms with Crippen LogP contribution in [0.2, 0.25) is 0 Å². The second-order valence-corrected chi connectivity index (χ2v) is 7.92. The first-order valence-corrected chi connectivity index (χ1v) is 8.87. The van der Waals surface area contributed by atoms with Crippen LogP contribution in [0.3, 0.4) is 0 Å². The molecular weight excluding hydrogens is 284 g/mol. The predicted octanol–water partition coefficient (Wildman–Crippen LogP) is 1.02. The van der Waals surface area contributed by atoms with Gasteiger partial charge in [-0.3, -0.25) is 0 Å². The van der Waals surface area contributed by atoms with Gasteiger partial charge in [0.15, 0.2) is 15.7 Å². The van der Waals surface area contributed by atoms with Crippen molar-refractivity contribution in [3.63, 3.8) is 0 Å². The Morgan fingerprint density at radius 2 is 2.21 bits per heavy atom. The third-order valence-corrected chi connectivity index (χ3v) is 5.67. The summed E-state index contributed by atoms with van der Waals surface area (Å²) in [4.78, 5) is 2.44. The third-order valence-electron chi connectivity index (χ3n) is 3.59. The minimum absolute atomic E-state index is 0.0935. The average Bonchev–Trinajstić information content (AvgIpc) is 2.64. The minimum Gasteiger partial charge on any atom is -0.382 e. The smallest absolute Gasteiger partial charge is 0.182 e. The first-order valence-electron chi connectivity index (χ1n) is 6.21. The number of nitrogens with one attached hydrogen (secondary N) is 1. The fraction of sp³-hybridized carbons (Fsp3) is 0.727. The van der Waals surface area contributed by atoms with E-state index in [9.17, 15) is 8.42 Å². The van der Waals surface area contributed by atoms with E-state index in [0.29, 0.717) is 11.0 Å². The van der Waals surface area contributed by atoms with E-state index in [4.69, 9.17) is 5.73 Å². The lowest BCUT2D eigenvalue weighted by atomic mass is 9.99. The molecule has 0 aromatic carbocycles. The Morgan fingerprint density at radius 1 is 1.53 bits per heavy atom. The van der Waals surface area contributed by atoms with Crippen LogP contribution >= 0.6 is 11.5 Å². The van der Waals surface area contributed by atoms with Crippen LogP contribution in [0.4, 0.5) is 10.8 Å². The zero-order valence-corrected chi connectivity index (χ0v) is 13.0. The number of hydrogen-bond acceptors (Lipinski definition) is 7. The molecule has 1 aliphatic rings. The first-order chi connectivity index (χ1) is 8.79. The van der Waals surface area contributed by atoms with E-state index in [1.54, 1.807) is 0 Å². The molecule has 1 aromatic heterocycles. The molecule has 0 bridgehead atoms. The maximum Gasteiger partial charge on any atom is 0.182 e. The second-order valence-electron chi connectivity index (χ2n) is 5.19. The molecule has 3 N–H and O–H groups in total. The van der Waals surface area contributed by atoms with Gasteiger partial charge in [-0.05, 0) is 38.3 Å². The summed E-state index contributed by atoms with van der Waals surface area (Å²) in [6.45, 7) is 3.17. The summed E-state index contributed by atoms with van der Waals surface area (Å²) in [7, 11) is -1.24. The highest BCUT2D eigenvalue weighted by atomic mass is 32.2. The SMILES string of the molecule is CC1CC(Nc2snc(N)c2S(C)(=O)=O)CCN1C. The summed E-state index contributed by atoms with van der Waals surface area (Å²) in [5.41, 5.74) is 5.65. The number of rotatable bonds is 3. The topological polar surface area (TPSA) is 88.3 Å². The Kier molecular flexibility index (Phi) is 4.03. The van der Waals surface area contributed by atoms with Gasteiger partial charge in [-0.2, -0.15) is 4.37 Å². The van der Waals surface area contributed by atoms with Crippen molar-refractivity contribution in [1.29, 1.82) is 0 Å². The zero-order valence-electron chi connectivity index (χ0n) is 11.4. The summed E-state index contributed by atoms with van der Waals surface area (Å²) >= 11 is 1.12. The molecule has 1 fully saturated rings. The molecule has 1 saturated heterocycles. The van der Waals surface area contributed by atoms with Crippen LogP contribution in [0.15, 0.2) is 4.90 Å². The summed E-state index contributed by atoms with van der Waals surface area (Å²) in [6, 6.07) is 0.754. The molecule has 2 rings (SSSR count). The monoisotopic (exact) mass is 304 g/mol. The number of anilines is 2. The summed E-state index contributed by atoms with van der Waals surface area (Å²) in [5.74, 6) is 0.0935. The molecule has 19 heavy (non-hydrogen) atoms. The van der Waals surface area contributed by atoms with Gasteiger partial charge >= 0.3 is 0 Å². The highest BCUT2D eigenvalue weighted by Gasteiger charge is 2.27. The van der Waals surface area contributed by atoms with Gasteiger partial charge in [0, 0.05) is 24.9 Å². The maximum absolute atomic E-state index is 11.7. The van der Waals surface area contributed by atoms with Gasteiger partial charge in [0.25, 0.3) is 0 Å². The van der Waals surface area contributed by atoms with Gasteiger partial charge in [0.05, 0.1) is 0 Å². The van der Waals surface area contributed by atoms with Crippen LogP contribution in [0.5, 0.6) is 0 Å². The lowest BCUT2D eigenvalue weighted by molar-refractivity contribution is 0.190. The Bertz CT molecular complexity index is 555. The highest BCUT2D eigenvalue weighted by molar-refractivity contribution is 7.91. The minimum atomic E-state index is -3.35. The molecule has 108 valence electrons. The summed E-state index contributed by atoms with van der Waals surface area (Å²) in [5, 5.41) is 3.87. The largest absolute Gasteiger partial charge is 0.382 e. The Balaban J connectivity index is 2.17. The molecule has 8 heteroatoms. The number of nitrogen functional groups attached to an aromatic ring is 1. The second kappa shape index (κ2) is 5.26. The molecule has 6 nitrogen and oxygen atoms in total. The van der Waals surface area contributed by atoms with E-state index in [0.717, 1.165) is 37.2 Å². The lowest BCUT2D eigenvalue weighted by Crippen LogP contribution is -2.42. The highest BCUT2D eigenvalue weighted by Crippen LogP contribution is 2.33. The van der Waals surface area contributed by atoms with Gasteiger partial charge in [0.1, 0.15) is 9.90 Å². The number of hydrogen-bond donors (Lipinski definition) is 2. The van der Waals surface area contributed by atoms with Crippen molar-refractivity contribution >= 4 is 32.2 Å². The quantitative estimate of drug-likeness (QED) is 0.867. The Morgan fingerprint density at radius 3 is 2.79 bits per heavy atom. The molecule has 0 saturated carbocycles. The van der Waals surface area contributed by atoms with Crippen LogP contribution in [-0.4, -0.2) is 49.6 Å². The van der Waals surface area contributed by atoms with E-state index in [2.05, 4.69) is 28.6 Å². The van der Waals surface area contributed by atoms with Crippen LogP contribution < -0.4 is 11.1 Å². The van der Waals surface area contributed by atoms with Crippen molar-refractivity contribution in [2.24, 2.45) is 0 Å². The molecule has 1 aromatic rings. The van der Waals surface area contributed by atoms with Crippen molar-refractivity contribution in [1.82, 2.24) is 9.27 Å². The number of sulfone groups is 1. The van der Waals surface area contributed by atoms with Crippen molar-refractivity contribution in [3.05, 3.63) is 0 Å². The summed E-state index contributed by atoms with van der Waals surface area (Å²) < 4.78 is 27.4. The van der Waals surface area contributed by atoms with Gasteiger partial charge in [-0.15, -0.1) is 0 Å². The number of aromatic nitrogens is 1. The van der Waals surface area contributed by atoms with Crippen LogP contribution in [-0.2, 0) is 9.84 Å². The number of nitrogens with zero attached hydrogens (tertiary/aromatic N) is 2. The van der Waals surface area contributed by atoms with Crippen molar-refractivity contribution in [3.8, 4) is 0 Å². The molecular formula is C11H20N4O2S2. The van der Waals surface area contributed by atoms with E-state index in [-0.39, 0.29) is 16.8 Å². The van der Waals surface area contributed by atoms with Crippen molar-refractivity contribution in [2.45, 2.75) is 36.7 Å². The van der Waals surface area contributed by atoms with Gasteiger partial charge in [0.2, 0.25) is 0 Å². The van der Waals surface area contributed by atoms with Crippen LogP contribution in [0.1, 0.15) is 19.8 Å². The molecule has 1 aliphatic heterocycles. The number of likely N-dealkylation sites (tertiary alicyclic amines) is 1. The van der Waals surface area contributed by atoms with Gasteiger partial charge < -0.3 is 16.0 Å². The third kappa shape index (κ3) is 3.18. The molecule has 0 aliphatic carbocycles. The average molecular weight is 304 g/mol. The fourth-order valence-corrected chi connectivity index (χ4v) is 4.48. The lowest BCUT2D eigenvalue weighted by Gasteiger charge is -2.35. The maximum atomic E-state index is 11.7. The molecule has 0 amide bonds. The normalized spacial score (nSPS) is 25.4. The molecule has 0 radical (unpaired) electrons. The van der Waals surface area contributed by atoms with E-state index < -0.39 is 9.84 Å². The standard InChI is InChI=1S/C11H20N4O2S2/c1-7-6-8(4-5-15(7)2)13-11-9(19(3,16)17)10(12)14-18-11/h7-8,13H,4-6H2,1-3H3,(H2,12,14). The van der Waals surface area contributed by atoms with Crippen LogP contribution in [0.25, 0.3) is 0 Å². The predicted molar refractivity (Wildman–Crippen MR) is 78.4 cm³/mol. The Hall–Kier alpha value is -0.860.